The van der Waals surface area contributed by atoms with E-state index < -0.39 is 0 Å². The van der Waals surface area contributed by atoms with Crippen LogP contribution in [0.2, 0.25) is 5.02 Å². The molecule has 1 saturated heterocycles. The summed E-state index contributed by atoms with van der Waals surface area (Å²) in [5.41, 5.74) is 7.46. The summed E-state index contributed by atoms with van der Waals surface area (Å²) in [6.45, 7) is 2.38. The van der Waals surface area contributed by atoms with Crippen molar-refractivity contribution in [3.63, 3.8) is 0 Å². The van der Waals surface area contributed by atoms with Crippen LogP contribution in [0.1, 0.15) is 56.6 Å². The summed E-state index contributed by atoms with van der Waals surface area (Å²) in [5, 5.41) is 0.805. The largest absolute Gasteiger partial charge is 0.324 e. The van der Waals surface area contributed by atoms with Gasteiger partial charge in [0.1, 0.15) is 0 Å². The van der Waals surface area contributed by atoms with Crippen molar-refractivity contribution in [1.82, 2.24) is 4.90 Å². The van der Waals surface area contributed by atoms with Crippen LogP contribution in [0.3, 0.4) is 0 Å². The highest BCUT2D eigenvalue weighted by atomic mass is 35.5. The summed E-state index contributed by atoms with van der Waals surface area (Å²) in [5.74, 6) is 0.948. The molecule has 0 amide bonds. The van der Waals surface area contributed by atoms with Crippen molar-refractivity contribution in [3.8, 4) is 0 Å². The van der Waals surface area contributed by atoms with E-state index in [0.717, 1.165) is 35.5 Å². The Morgan fingerprint density at radius 2 is 1.90 bits per heavy atom. The van der Waals surface area contributed by atoms with Gasteiger partial charge in [-0.05, 0) is 56.2 Å². The molecule has 3 atom stereocenters. The van der Waals surface area contributed by atoms with Gasteiger partial charge in [0, 0.05) is 23.7 Å². The van der Waals surface area contributed by atoms with Crippen LogP contribution >= 0.6 is 11.6 Å². The Hall–Kier alpha value is -0.570. The lowest BCUT2D eigenvalue weighted by Crippen LogP contribution is -2.47. The lowest BCUT2D eigenvalue weighted by Gasteiger charge is -2.44. The summed E-state index contributed by atoms with van der Waals surface area (Å²) in [6, 6.07) is 8.88. The number of nitrogens with zero attached hydrogens (tertiary/aromatic N) is 1. The fourth-order valence-electron chi connectivity index (χ4n) is 4.24. The van der Waals surface area contributed by atoms with Crippen molar-refractivity contribution in [3.05, 3.63) is 34.9 Å². The fourth-order valence-corrected chi connectivity index (χ4v) is 4.52. The highest BCUT2D eigenvalue weighted by Crippen LogP contribution is 2.35. The maximum absolute atomic E-state index is 6.37. The van der Waals surface area contributed by atoms with E-state index in [1.165, 1.54) is 45.1 Å². The van der Waals surface area contributed by atoms with Gasteiger partial charge in [-0.2, -0.15) is 0 Å². The van der Waals surface area contributed by atoms with Gasteiger partial charge in [0.25, 0.3) is 0 Å². The molecule has 0 spiro atoms. The third kappa shape index (κ3) is 3.61. The third-order valence-electron chi connectivity index (χ3n) is 5.39. The van der Waals surface area contributed by atoms with Gasteiger partial charge in [-0.15, -0.1) is 0 Å². The molecule has 1 aliphatic carbocycles. The lowest BCUT2D eigenvalue weighted by atomic mass is 9.78. The minimum absolute atomic E-state index is 0.0580. The van der Waals surface area contributed by atoms with Crippen molar-refractivity contribution in [1.29, 1.82) is 0 Å². The molecule has 2 aliphatic rings. The summed E-state index contributed by atoms with van der Waals surface area (Å²) in [7, 11) is 0. The highest BCUT2D eigenvalue weighted by molar-refractivity contribution is 6.31. The number of fused-ring (bicyclic) bond motifs is 1. The predicted octanol–water partition coefficient (Wildman–Crippen LogP) is 4.38. The Kier molecular flexibility index (Phi) is 5.20. The topological polar surface area (TPSA) is 29.3 Å². The normalized spacial score (nSPS) is 28.1. The van der Waals surface area contributed by atoms with Gasteiger partial charge in [-0.25, -0.2) is 0 Å². The van der Waals surface area contributed by atoms with Crippen LogP contribution < -0.4 is 5.73 Å². The zero-order chi connectivity index (χ0) is 14.7. The first-order valence-electron chi connectivity index (χ1n) is 8.50. The van der Waals surface area contributed by atoms with E-state index >= 15 is 0 Å². The maximum atomic E-state index is 6.37. The molecule has 116 valence electrons. The van der Waals surface area contributed by atoms with Gasteiger partial charge in [-0.3, -0.25) is 0 Å². The molecule has 1 aliphatic heterocycles. The number of hydrogen-bond donors (Lipinski definition) is 1. The second-order valence-corrected chi connectivity index (χ2v) is 7.11. The lowest BCUT2D eigenvalue weighted by molar-refractivity contribution is 0.0586. The maximum Gasteiger partial charge on any atom is 0.0453 e. The van der Waals surface area contributed by atoms with Gasteiger partial charge >= 0.3 is 0 Å². The zero-order valence-electron chi connectivity index (χ0n) is 12.8. The standard InChI is InChI=1S/C18H27ClN2/c19-16-9-3-2-8-15(16)17(20)11-13-21-12-5-7-14-6-1-4-10-18(14)21/h2-3,8-9,14,17-18H,1,4-7,10-13,20H2/t14-,17?,18-/m1/s1. The predicted molar refractivity (Wildman–Crippen MR) is 89.6 cm³/mol. The molecule has 1 saturated carbocycles. The molecule has 1 unspecified atom stereocenters. The van der Waals surface area contributed by atoms with E-state index in [4.69, 9.17) is 17.3 Å². The van der Waals surface area contributed by atoms with E-state index in [1.807, 2.05) is 18.2 Å². The molecule has 1 heterocycles. The molecule has 0 aromatic heterocycles. The first kappa shape index (κ1) is 15.3. The molecule has 0 bridgehead atoms. The molecular formula is C18H27ClN2. The second-order valence-electron chi connectivity index (χ2n) is 6.71. The van der Waals surface area contributed by atoms with Crippen molar-refractivity contribution >= 4 is 11.6 Å². The Labute approximate surface area is 133 Å². The van der Waals surface area contributed by atoms with E-state index in [9.17, 15) is 0 Å². The Bertz CT molecular complexity index is 460. The van der Waals surface area contributed by atoms with Gasteiger partial charge in [0.15, 0.2) is 0 Å². The van der Waals surface area contributed by atoms with Gasteiger partial charge in [0.2, 0.25) is 0 Å². The monoisotopic (exact) mass is 306 g/mol. The number of halogens is 1. The second kappa shape index (κ2) is 7.13. The van der Waals surface area contributed by atoms with Crippen LogP contribution in [0.25, 0.3) is 0 Å². The summed E-state index contributed by atoms with van der Waals surface area (Å²) in [6.07, 6.45) is 9.50. The van der Waals surface area contributed by atoms with Crippen molar-refractivity contribution < 1.29 is 0 Å². The molecule has 1 aromatic rings. The molecule has 3 rings (SSSR count). The smallest absolute Gasteiger partial charge is 0.0453 e. The number of benzene rings is 1. The molecule has 21 heavy (non-hydrogen) atoms. The molecule has 3 heteroatoms. The van der Waals surface area contributed by atoms with Gasteiger partial charge < -0.3 is 10.6 Å². The number of nitrogens with two attached hydrogens (primary N) is 1. The molecule has 2 nitrogen and oxygen atoms in total. The van der Waals surface area contributed by atoms with Crippen LogP contribution in [0.4, 0.5) is 0 Å². The first-order chi connectivity index (χ1) is 10.3. The Balaban J connectivity index is 1.58. The quantitative estimate of drug-likeness (QED) is 0.894. The summed E-state index contributed by atoms with van der Waals surface area (Å²) >= 11 is 6.26. The van der Waals surface area contributed by atoms with Gasteiger partial charge in [0.05, 0.1) is 0 Å². The number of piperidine rings is 1. The average Bonchev–Trinajstić information content (AvgIpc) is 2.53. The third-order valence-corrected chi connectivity index (χ3v) is 5.73. The Morgan fingerprint density at radius 3 is 2.76 bits per heavy atom. The fraction of sp³-hybridized carbons (Fsp3) is 0.667. The van der Waals surface area contributed by atoms with E-state index in [0.29, 0.717) is 0 Å². The van der Waals surface area contributed by atoms with E-state index in [-0.39, 0.29) is 6.04 Å². The molecule has 1 aromatic carbocycles. The Morgan fingerprint density at radius 1 is 1.14 bits per heavy atom. The van der Waals surface area contributed by atoms with Crippen molar-refractivity contribution in [2.45, 2.75) is 57.0 Å². The first-order valence-corrected chi connectivity index (χ1v) is 8.87. The summed E-state index contributed by atoms with van der Waals surface area (Å²) in [4.78, 5) is 2.71. The minimum atomic E-state index is 0.0580. The number of rotatable bonds is 4. The van der Waals surface area contributed by atoms with E-state index in [2.05, 4.69) is 11.0 Å². The van der Waals surface area contributed by atoms with Crippen LogP contribution in [0.5, 0.6) is 0 Å². The van der Waals surface area contributed by atoms with Crippen LogP contribution in [-0.4, -0.2) is 24.0 Å². The molecule has 0 radical (unpaired) electrons. The van der Waals surface area contributed by atoms with Crippen LogP contribution in [0, 0.1) is 5.92 Å². The van der Waals surface area contributed by atoms with Gasteiger partial charge in [-0.1, -0.05) is 42.6 Å². The minimum Gasteiger partial charge on any atom is -0.324 e. The number of hydrogen-bond acceptors (Lipinski definition) is 2. The molecule has 2 fully saturated rings. The van der Waals surface area contributed by atoms with Crippen LogP contribution in [0.15, 0.2) is 24.3 Å². The van der Waals surface area contributed by atoms with Crippen molar-refractivity contribution in [2.75, 3.05) is 13.1 Å². The molecular weight excluding hydrogens is 280 g/mol. The zero-order valence-corrected chi connectivity index (χ0v) is 13.6. The number of likely N-dealkylation sites (tertiary alicyclic amines) is 1. The summed E-state index contributed by atoms with van der Waals surface area (Å²) < 4.78 is 0. The SMILES string of the molecule is NC(CCN1CCC[C@H]2CCCC[C@H]21)c1ccccc1Cl. The highest BCUT2D eigenvalue weighted by Gasteiger charge is 2.32. The van der Waals surface area contributed by atoms with E-state index in [1.54, 1.807) is 0 Å². The van der Waals surface area contributed by atoms with Crippen LogP contribution in [-0.2, 0) is 0 Å². The molecule has 2 N–H and O–H groups in total. The average molecular weight is 307 g/mol. The van der Waals surface area contributed by atoms with Crippen molar-refractivity contribution in [2.24, 2.45) is 11.7 Å².